The van der Waals surface area contributed by atoms with Gasteiger partial charge in [0.2, 0.25) is 10.0 Å². The molecule has 1 aromatic rings. The van der Waals surface area contributed by atoms with E-state index in [0.29, 0.717) is 6.07 Å². The molecule has 5 nitrogen and oxygen atoms in total. The predicted octanol–water partition coefficient (Wildman–Crippen LogP) is 1.23. The van der Waals surface area contributed by atoms with Crippen LogP contribution in [0.3, 0.4) is 0 Å². The lowest BCUT2D eigenvalue weighted by molar-refractivity contribution is 0.195. The summed E-state index contributed by atoms with van der Waals surface area (Å²) >= 11 is 0. The normalized spacial score (nSPS) is 22.6. The van der Waals surface area contributed by atoms with Crippen molar-refractivity contribution in [3.05, 3.63) is 23.8 Å². The molecule has 0 radical (unpaired) electrons. The van der Waals surface area contributed by atoms with Crippen LogP contribution in [0, 0.1) is 23.5 Å². The maximum atomic E-state index is 13.6. The molecule has 1 fully saturated rings. The van der Waals surface area contributed by atoms with Gasteiger partial charge < -0.3 is 10.8 Å². The fourth-order valence-corrected chi connectivity index (χ4v) is 3.85. The molecule has 21 heavy (non-hydrogen) atoms. The molecule has 118 valence electrons. The highest BCUT2D eigenvalue weighted by atomic mass is 32.2. The maximum absolute atomic E-state index is 13.6. The molecule has 2 atom stereocenters. The third-order valence-corrected chi connectivity index (χ3v) is 5.37. The van der Waals surface area contributed by atoms with E-state index in [2.05, 4.69) is 4.72 Å². The Balaban J connectivity index is 2.14. The first-order valence-electron chi connectivity index (χ1n) is 6.70. The molecule has 2 unspecified atom stereocenters. The number of hydrogen-bond acceptors (Lipinski definition) is 4. The van der Waals surface area contributed by atoms with E-state index in [1.807, 2.05) is 0 Å². The molecule has 0 aliphatic heterocycles. The first kappa shape index (κ1) is 16.1. The maximum Gasteiger partial charge on any atom is 0.243 e. The van der Waals surface area contributed by atoms with Crippen LogP contribution in [0.2, 0.25) is 0 Å². The summed E-state index contributed by atoms with van der Waals surface area (Å²) in [6, 6.07) is 1.22. The number of sulfonamides is 1. The molecule has 0 heterocycles. The van der Waals surface area contributed by atoms with Gasteiger partial charge in [-0.05, 0) is 30.7 Å². The number of nitrogens with two attached hydrogens (primary N) is 1. The van der Waals surface area contributed by atoms with Crippen molar-refractivity contribution in [1.82, 2.24) is 4.72 Å². The van der Waals surface area contributed by atoms with Crippen LogP contribution in [0.25, 0.3) is 0 Å². The van der Waals surface area contributed by atoms with Crippen LogP contribution < -0.4 is 10.5 Å². The van der Waals surface area contributed by atoms with Gasteiger partial charge in [0.15, 0.2) is 0 Å². The van der Waals surface area contributed by atoms with Crippen LogP contribution in [0.4, 0.5) is 14.5 Å². The summed E-state index contributed by atoms with van der Waals surface area (Å²) in [4.78, 5) is -0.667. The average molecular weight is 320 g/mol. The smallest absolute Gasteiger partial charge is 0.243 e. The van der Waals surface area contributed by atoms with Crippen LogP contribution in [0.1, 0.15) is 19.3 Å². The number of benzene rings is 1. The van der Waals surface area contributed by atoms with Gasteiger partial charge in [-0.15, -0.1) is 0 Å². The molecular weight excluding hydrogens is 302 g/mol. The van der Waals surface area contributed by atoms with Crippen molar-refractivity contribution in [2.24, 2.45) is 11.8 Å². The van der Waals surface area contributed by atoms with Crippen LogP contribution in [-0.2, 0) is 10.0 Å². The van der Waals surface area contributed by atoms with Crippen molar-refractivity contribution < 1.29 is 22.3 Å². The number of aliphatic hydroxyl groups excluding tert-OH is 1. The summed E-state index contributed by atoms with van der Waals surface area (Å²) < 4.78 is 53.1. The highest BCUT2D eigenvalue weighted by Gasteiger charge is 2.29. The molecule has 1 aromatic carbocycles. The van der Waals surface area contributed by atoms with E-state index >= 15 is 0 Å². The van der Waals surface area contributed by atoms with E-state index < -0.39 is 32.2 Å². The quantitative estimate of drug-likeness (QED) is 0.712. The largest absolute Gasteiger partial charge is 0.396 e. The van der Waals surface area contributed by atoms with E-state index in [4.69, 9.17) is 5.73 Å². The van der Waals surface area contributed by atoms with Gasteiger partial charge in [-0.1, -0.05) is 6.42 Å². The zero-order valence-corrected chi connectivity index (χ0v) is 12.2. The Hall–Kier alpha value is -1.25. The van der Waals surface area contributed by atoms with Gasteiger partial charge in [-0.3, -0.25) is 0 Å². The number of nitrogen functional groups attached to an aromatic ring is 1. The minimum Gasteiger partial charge on any atom is -0.396 e. The second kappa shape index (κ2) is 6.25. The van der Waals surface area contributed by atoms with Crippen LogP contribution in [0.15, 0.2) is 17.0 Å². The van der Waals surface area contributed by atoms with E-state index in [9.17, 15) is 22.3 Å². The Labute approximate surface area is 122 Å². The van der Waals surface area contributed by atoms with Crippen molar-refractivity contribution in [3.8, 4) is 0 Å². The molecule has 8 heteroatoms. The third kappa shape index (κ3) is 3.50. The molecule has 0 bridgehead atoms. The van der Waals surface area contributed by atoms with Crippen molar-refractivity contribution in [1.29, 1.82) is 0 Å². The zero-order chi connectivity index (χ0) is 15.6. The van der Waals surface area contributed by atoms with Gasteiger partial charge in [0.25, 0.3) is 0 Å². The molecule has 0 saturated heterocycles. The minimum atomic E-state index is -4.10. The lowest BCUT2D eigenvalue weighted by atomic mass is 9.97. The Morgan fingerprint density at radius 1 is 1.24 bits per heavy atom. The van der Waals surface area contributed by atoms with Crippen molar-refractivity contribution in [3.63, 3.8) is 0 Å². The Bertz CT molecular complexity index is 622. The van der Waals surface area contributed by atoms with Gasteiger partial charge in [0, 0.05) is 19.2 Å². The number of anilines is 1. The highest BCUT2D eigenvalue weighted by molar-refractivity contribution is 7.89. The summed E-state index contributed by atoms with van der Waals surface area (Å²) in [6.45, 7) is 0.120. The van der Waals surface area contributed by atoms with E-state index in [0.717, 1.165) is 25.3 Å². The van der Waals surface area contributed by atoms with Crippen molar-refractivity contribution >= 4 is 15.7 Å². The van der Waals surface area contributed by atoms with Crippen molar-refractivity contribution in [2.45, 2.75) is 24.2 Å². The molecule has 2 rings (SSSR count). The van der Waals surface area contributed by atoms with E-state index in [1.54, 1.807) is 0 Å². The third-order valence-electron chi connectivity index (χ3n) is 3.93. The second-order valence-corrected chi connectivity index (χ2v) is 7.03. The van der Waals surface area contributed by atoms with Gasteiger partial charge >= 0.3 is 0 Å². The standard InChI is InChI=1S/C13H18F2N2O3S/c14-10-4-11(15)13(5-12(10)16)21(19,20)17-6-8-2-1-3-9(8)7-18/h4-5,8-9,17-18H,1-3,6-7,16H2. The number of nitrogens with one attached hydrogen (secondary N) is 1. The topological polar surface area (TPSA) is 92.4 Å². The summed E-state index contributed by atoms with van der Waals surface area (Å²) in [5.74, 6) is -2.11. The molecule has 4 N–H and O–H groups in total. The summed E-state index contributed by atoms with van der Waals surface area (Å²) in [6.07, 6.45) is 2.58. The fraction of sp³-hybridized carbons (Fsp3) is 0.538. The summed E-state index contributed by atoms with van der Waals surface area (Å²) in [5.41, 5.74) is 4.86. The Kier molecular flexibility index (Phi) is 4.80. The predicted molar refractivity (Wildman–Crippen MR) is 73.9 cm³/mol. The lowest BCUT2D eigenvalue weighted by Crippen LogP contribution is -2.32. The lowest BCUT2D eigenvalue weighted by Gasteiger charge is -2.18. The fourth-order valence-electron chi connectivity index (χ4n) is 2.67. The van der Waals surface area contributed by atoms with Gasteiger partial charge in [0.05, 0.1) is 5.69 Å². The highest BCUT2D eigenvalue weighted by Crippen LogP contribution is 2.31. The zero-order valence-electron chi connectivity index (χ0n) is 11.4. The second-order valence-electron chi connectivity index (χ2n) is 5.29. The molecule has 0 spiro atoms. The Morgan fingerprint density at radius 2 is 1.90 bits per heavy atom. The van der Waals surface area contributed by atoms with Gasteiger partial charge in [0.1, 0.15) is 16.5 Å². The van der Waals surface area contributed by atoms with E-state index in [1.165, 1.54) is 0 Å². The molecule has 0 amide bonds. The number of hydrogen-bond donors (Lipinski definition) is 3. The van der Waals surface area contributed by atoms with Gasteiger partial charge in [-0.2, -0.15) is 0 Å². The number of aliphatic hydroxyl groups is 1. The van der Waals surface area contributed by atoms with E-state index in [-0.39, 0.29) is 25.0 Å². The first-order valence-corrected chi connectivity index (χ1v) is 8.18. The monoisotopic (exact) mass is 320 g/mol. The van der Waals surface area contributed by atoms with Crippen LogP contribution in [0.5, 0.6) is 0 Å². The minimum absolute atomic E-state index is 0.00422. The molecule has 1 saturated carbocycles. The number of halogens is 2. The summed E-state index contributed by atoms with van der Waals surface area (Å²) in [5, 5.41) is 9.20. The SMILES string of the molecule is Nc1cc(S(=O)(=O)NCC2CCCC2CO)c(F)cc1F. The van der Waals surface area contributed by atoms with Crippen LogP contribution in [-0.4, -0.2) is 26.7 Å². The number of rotatable bonds is 5. The summed E-state index contributed by atoms with van der Waals surface area (Å²) in [7, 11) is -4.10. The molecule has 0 aromatic heterocycles. The van der Waals surface area contributed by atoms with Gasteiger partial charge in [-0.25, -0.2) is 21.9 Å². The van der Waals surface area contributed by atoms with Crippen molar-refractivity contribution in [2.75, 3.05) is 18.9 Å². The van der Waals surface area contributed by atoms with Crippen LogP contribution >= 0.6 is 0 Å². The molecule has 1 aliphatic carbocycles. The average Bonchev–Trinajstić information content (AvgIpc) is 2.88. The molecular formula is C13H18F2N2O3S. The molecule has 1 aliphatic rings. The first-order chi connectivity index (χ1) is 9.85. The Morgan fingerprint density at radius 3 is 2.57 bits per heavy atom.